The molecule has 5 nitrogen and oxygen atoms in total. The first kappa shape index (κ1) is 19.0. The molecule has 0 bridgehead atoms. The van der Waals surface area contributed by atoms with Crippen LogP contribution in [-0.2, 0) is 16.0 Å². The third-order valence-electron chi connectivity index (χ3n) is 4.21. The highest BCUT2D eigenvalue weighted by atomic mass is 16.6. The van der Waals surface area contributed by atoms with Crippen LogP contribution in [0, 0.1) is 0 Å². The summed E-state index contributed by atoms with van der Waals surface area (Å²) in [4.78, 5) is 24.5. The lowest BCUT2D eigenvalue weighted by molar-refractivity contribution is -0.154. The molecule has 3 rings (SSSR count). The van der Waals surface area contributed by atoms with Gasteiger partial charge in [-0.05, 0) is 63.4 Å². The number of methoxy groups -OCH3 is 1. The lowest BCUT2D eigenvalue weighted by Gasteiger charge is -2.19. The van der Waals surface area contributed by atoms with Gasteiger partial charge in [-0.1, -0.05) is 6.07 Å². The van der Waals surface area contributed by atoms with Crippen LogP contribution in [0.3, 0.4) is 0 Å². The quantitative estimate of drug-likeness (QED) is 0.486. The smallest absolute Gasteiger partial charge is 0.306 e. The number of fused-ring (bicyclic) bond motifs is 2. The molecule has 5 heteroatoms. The van der Waals surface area contributed by atoms with E-state index < -0.39 is 5.60 Å². The molecule has 0 N–H and O–H groups in total. The van der Waals surface area contributed by atoms with Gasteiger partial charge in [0.1, 0.15) is 22.5 Å². The van der Waals surface area contributed by atoms with E-state index in [9.17, 15) is 9.59 Å². The van der Waals surface area contributed by atoms with Crippen LogP contribution in [-0.4, -0.2) is 18.7 Å². The van der Waals surface area contributed by atoms with Gasteiger partial charge in [-0.2, -0.15) is 0 Å². The first-order valence-corrected chi connectivity index (χ1v) is 9.02. The fourth-order valence-electron chi connectivity index (χ4n) is 2.99. The Morgan fingerprint density at radius 1 is 1.04 bits per heavy atom. The molecule has 0 fully saturated rings. The van der Waals surface area contributed by atoms with Crippen LogP contribution in [0.4, 0.5) is 0 Å². The lowest BCUT2D eigenvalue weighted by atomic mass is 10.0. The summed E-state index contributed by atoms with van der Waals surface area (Å²) in [7, 11) is 1.57. The van der Waals surface area contributed by atoms with Crippen molar-refractivity contribution in [2.24, 2.45) is 0 Å². The van der Waals surface area contributed by atoms with Crippen LogP contribution in [0.15, 0.2) is 45.6 Å². The van der Waals surface area contributed by atoms with Crippen LogP contribution in [0.1, 0.15) is 39.2 Å². The monoisotopic (exact) mass is 368 g/mol. The van der Waals surface area contributed by atoms with Gasteiger partial charge in [-0.25, -0.2) is 0 Å². The Kier molecular flexibility index (Phi) is 5.22. The van der Waals surface area contributed by atoms with E-state index in [1.54, 1.807) is 31.4 Å². The van der Waals surface area contributed by atoms with Crippen LogP contribution < -0.4 is 10.2 Å². The van der Waals surface area contributed by atoms with Crippen molar-refractivity contribution in [1.29, 1.82) is 0 Å². The minimum Gasteiger partial charge on any atom is -0.497 e. The highest BCUT2D eigenvalue weighted by Crippen LogP contribution is 2.24. The van der Waals surface area contributed by atoms with Crippen LogP contribution in [0.25, 0.3) is 21.9 Å². The fraction of sp³-hybridized carbons (Fsp3) is 0.364. The average molecular weight is 368 g/mol. The van der Waals surface area contributed by atoms with E-state index in [0.717, 1.165) is 5.56 Å². The summed E-state index contributed by atoms with van der Waals surface area (Å²) in [5.74, 6) is 0.437. The number of carbonyl (C=O) groups is 1. The van der Waals surface area contributed by atoms with Crippen LogP contribution >= 0.6 is 0 Å². The molecule has 3 aromatic rings. The number of carbonyl (C=O) groups excluding carboxylic acids is 1. The number of esters is 1. The molecule has 0 unspecified atom stereocenters. The van der Waals surface area contributed by atoms with Crippen molar-refractivity contribution in [3.8, 4) is 5.75 Å². The maximum Gasteiger partial charge on any atom is 0.306 e. The second-order valence-electron chi connectivity index (χ2n) is 7.56. The summed E-state index contributed by atoms with van der Waals surface area (Å²) in [6, 6.07) is 10.7. The number of aryl methyl sites for hydroxylation is 1. The highest BCUT2D eigenvalue weighted by molar-refractivity contribution is 5.90. The summed E-state index contributed by atoms with van der Waals surface area (Å²) in [6.45, 7) is 5.57. The van der Waals surface area contributed by atoms with Crippen molar-refractivity contribution in [2.45, 2.75) is 45.6 Å². The Balaban J connectivity index is 1.81. The van der Waals surface area contributed by atoms with Gasteiger partial charge in [-0.15, -0.1) is 0 Å². The van der Waals surface area contributed by atoms with Gasteiger partial charge in [0, 0.05) is 12.5 Å². The largest absolute Gasteiger partial charge is 0.497 e. The van der Waals surface area contributed by atoms with E-state index in [1.165, 1.54) is 0 Å². The molecule has 0 atom stereocenters. The van der Waals surface area contributed by atoms with Gasteiger partial charge in [0.25, 0.3) is 0 Å². The first-order chi connectivity index (χ1) is 12.8. The predicted octanol–water partition coefficient (Wildman–Crippen LogP) is 4.62. The molecule has 0 saturated heterocycles. The van der Waals surface area contributed by atoms with Crippen molar-refractivity contribution < 1.29 is 18.7 Å². The molecule has 1 heterocycles. The summed E-state index contributed by atoms with van der Waals surface area (Å²) >= 11 is 0. The fourth-order valence-corrected chi connectivity index (χ4v) is 2.99. The van der Waals surface area contributed by atoms with Gasteiger partial charge in [0.2, 0.25) is 5.43 Å². The summed E-state index contributed by atoms with van der Waals surface area (Å²) in [6.07, 6.45) is 1.73. The molecule has 0 amide bonds. The second kappa shape index (κ2) is 7.43. The summed E-state index contributed by atoms with van der Waals surface area (Å²) in [5, 5.41) is 1.07. The number of rotatable bonds is 5. The Bertz CT molecular complexity index is 1040. The second-order valence-corrected chi connectivity index (χ2v) is 7.56. The molecule has 2 aromatic carbocycles. The zero-order chi connectivity index (χ0) is 19.6. The van der Waals surface area contributed by atoms with Crippen LogP contribution in [0.2, 0.25) is 0 Å². The first-order valence-electron chi connectivity index (χ1n) is 9.02. The minimum absolute atomic E-state index is 0.0609. The van der Waals surface area contributed by atoms with Gasteiger partial charge in [0.15, 0.2) is 0 Å². The maximum atomic E-state index is 12.7. The maximum absolute atomic E-state index is 12.7. The van der Waals surface area contributed by atoms with E-state index in [0.29, 0.717) is 47.0 Å². The van der Waals surface area contributed by atoms with Crippen molar-refractivity contribution in [2.75, 3.05) is 7.11 Å². The molecule has 0 aliphatic carbocycles. The molecule has 0 saturated carbocycles. The number of benzene rings is 2. The molecular weight excluding hydrogens is 344 g/mol. The molecule has 0 aliphatic heterocycles. The minimum atomic E-state index is -0.467. The molecule has 0 spiro atoms. The molecule has 0 aliphatic rings. The Hall–Kier alpha value is -2.82. The van der Waals surface area contributed by atoms with Crippen molar-refractivity contribution >= 4 is 27.9 Å². The molecule has 142 valence electrons. The molecule has 27 heavy (non-hydrogen) atoms. The van der Waals surface area contributed by atoms with Gasteiger partial charge in [0.05, 0.1) is 17.9 Å². The lowest BCUT2D eigenvalue weighted by Crippen LogP contribution is -2.23. The standard InChI is InChI=1S/C22H24O5/c1-22(2,3)27-20(23)7-5-6-14-8-10-16-18(12-14)26-19-13-15(25-4)9-11-17(19)21(16)24/h8-13H,5-7H2,1-4H3. The summed E-state index contributed by atoms with van der Waals surface area (Å²) in [5.41, 5.74) is 1.52. The Labute approximate surface area is 157 Å². The molecular formula is C22H24O5. The third kappa shape index (κ3) is 4.48. The average Bonchev–Trinajstić information content (AvgIpc) is 2.59. The Morgan fingerprint density at radius 2 is 1.70 bits per heavy atom. The van der Waals surface area contributed by atoms with Crippen molar-refractivity contribution in [3.63, 3.8) is 0 Å². The third-order valence-corrected chi connectivity index (χ3v) is 4.21. The highest BCUT2D eigenvalue weighted by Gasteiger charge is 2.16. The van der Waals surface area contributed by atoms with E-state index in [2.05, 4.69) is 0 Å². The number of hydrogen-bond acceptors (Lipinski definition) is 5. The van der Waals surface area contributed by atoms with Crippen molar-refractivity contribution in [1.82, 2.24) is 0 Å². The predicted molar refractivity (Wildman–Crippen MR) is 105 cm³/mol. The number of hydrogen-bond donors (Lipinski definition) is 0. The molecule has 1 aromatic heterocycles. The van der Waals surface area contributed by atoms with Gasteiger partial charge in [-0.3, -0.25) is 9.59 Å². The van der Waals surface area contributed by atoms with E-state index in [4.69, 9.17) is 13.9 Å². The normalized spacial score (nSPS) is 11.7. The number of ether oxygens (including phenoxy) is 2. The summed E-state index contributed by atoms with van der Waals surface area (Å²) < 4.78 is 16.5. The van der Waals surface area contributed by atoms with Crippen molar-refractivity contribution in [3.05, 3.63) is 52.2 Å². The SMILES string of the molecule is COc1ccc2c(=O)c3ccc(CCCC(=O)OC(C)(C)C)cc3oc2c1. The topological polar surface area (TPSA) is 65.7 Å². The zero-order valence-corrected chi connectivity index (χ0v) is 16.1. The van der Waals surface area contributed by atoms with E-state index in [1.807, 2.05) is 32.9 Å². The van der Waals surface area contributed by atoms with E-state index in [-0.39, 0.29) is 11.4 Å². The van der Waals surface area contributed by atoms with Gasteiger partial charge < -0.3 is 13.9 Å². The molecule has 0 radical (unpaired) electrons. The Morgan fingerprint density at radius 3 is 2.37 bits per heavy atom. The van der Waals surface area contributed by atoms with Gasteiger partial charge >= 0.3 is 5.97 Å². The zero-order valence-electron chi connectivity index (χ0n) is 16.1. The van der Waals surface area contributed by atoms with Crippen LogP contribution in [0.5, 0.6) is 5.75 Å². The van der Waals surface area contributed by atoms with E-state index >= 15 is 0 Å².